The molecule has 230 valence electrons. The average molecular weight is 633 g/mol. The number of para-hydroxylation sites is 1. The second-order valence-electron chi connectivity index (χ2n) is 12.5. The number of pyridine rings is 2. The van der Waals surface area contributed by atoms with Gasteiger partial charge in [-0.3, -0.25) is 18.8 Å². The Bertz CT molecular complexity index is 2240. The molecule has 0 aliphatic carbocycles. The zero-order chi connectivity index (χ0) is 31.6. The minimum Gasteiger partial charge on any atom is -0.380 e. The molecule has 3 aliphatic rings. The van der Waals surface area contributed by atoms with Gasteiger partial charge < -0.3 is 19.5 Å². The number of hydrogen-bond acceptors (Lipinski definition) is 8. The van der Waals surface area contributed by atoms with Gasteiger partial charge in [0, 0.05) is 59.7 Å². The maximum absolute atomic E-state index is 14.1. The van der Waals surface area contributed by atoms with Crippen LogP contribution in [0.15, 0.2) is 64.3 Å². The molecule has 5 aromatic rings. The Morgan fingerprint density at radius 3 is 2.43 bits per heavy atom. The van der Waals surface area contributed by atoms with E-state index in [1.54, 1.807) is 24.3 Å². The number of hydrogen-bond donors (Lipinski definition) is 1. The van der Waals surface area contributed by atoms with Crippen molar-refractivity contribution in [2.75, 3.05) is 49.2 Å². The van der Waals surface area contributed by atoms with Crippen molar-refractivity contribution in [2.45, 2.75) is 25.3 Å². The third-order valence-electron chi connectivity index (χ3n) is 9.86. The van der Waals surface area contributed by atoms with E-state index in [1.165, 1.54) is 4.57 Å². The van der Waals surface area contributed by atoms with E-state index in [2.05, 4.69) is 22.0 Å². The van der Waals surface area contributed by atoms with Crippen molar-refractivity contribution in [1.82, 2.24) is 19.3 Å². The molecule has 12 heteroatoms. The number of aromatic nitrogens is 4. The summed E-state index contributed by atoms with van der Waals surface area (Å²) in [7, 11) is 0. The second-order valence-corrected chi connectivity index (χ2v) is 12.9. The summed E-state index contributed by atoms with van der Waals surface area (Å²) in [5.74, 6) is 0.429. The van der Waals surface area contributed by atoms with Crippen molar-refractivity contribution in [3.63, 3.8) is 0 Å². The third kappa shape index (κ3) is 4.38. The molecule has 0 unspecified atom stereocenters. The minimum absolute atomic E-state index is 0.0450. The molecule has 1 spiro atoms. The van der Waals surface area contributed by atoms with Crippen LogP contribution in [-0.2, 0) is 4.74 Å². The first-order valence-electron chi connectivity index (χ1n) is 15.4. The van der Waals surface area contributed by atoms with Crippen LogP contribution in [-0.4, -0.2) is 58.7 Å². The van der Waals surface area contributed by atoms with E-state index >= 15 is 0 Å². The first kappa shape index (κ1) is 28.4. The quantitative estimate of drug-likeness (QED) is 0.306. The van der Waals surface area contributed by atoms with Crippen LogP contribution in [0.5, 0.6) is 0 Å². The molecule has 8 rings (SSSR count). The lowest BCUT2D eigenvalue weighted by Crippen LogP contribution is -2.51. The molecule has 3 aromatic heterocycles. The summed E-state index contributed by atoms with van der Waals surface area (Å²) < 4.78 is 8.85. The van der Waals surface area contributed by atoms with E-state index in [-0.39, 0.29) is 22.6 Å². The smallest absolute Gasteiger partial charge is 0.276 e. The Morgan fingerprint density at radius 2 is 1.70 bits per heavy atom. The van der Waals surface area contributed by atoms with Crippen LogP contribution in [0.4, 0.5) is 11.4 Å². The van der Waals surface area contributed by atoms with E-state index in [0.29, 0.717) is 58.1 Å². The molecule has 0 bridgehead atoms. The minimum atomic E-state index is -0.443. The second kappa shape index (κ2) is 10.8. The van der Waals surface area contributed by atoms with Crippen LogP contribution >= 0.6 is 11.6 Å². The van der Waals surface area contributed by atoms with Crippen LogP contribution in [0, 0.1) is 28.1 Å². The normalized spacial score (nSPS) is 19.0. The Morgan fingerprint density at radius 1 is 0.935 bits per heavy atom. The summed E-state index contributed by atoms with van der Waals surface area (Å²) in [5.41, 5.74) is 2.10. The molecule has 3 saturated heterocycles. The number of piperidine rings is 1. The number of H-pyrrole nitrogens is 1. The number of anilines is 2. The summed E-state index contributed by atoms with van der Waals surface area (Å²) in [6.07, 6.45) is 4.48. The van der Waals surface area contributed by atoms with Crippen molar-refractivity contribution in [1.29, 1.82) is 10.5 Å². The van der Waals surface area contributed by atoms with E-state index in [0.717, 1.165) is 44.5 Å². The molecule has 3 fully saturated rings. The van der Waals surface area contributed by atoms with Crippen molar-refractivity contribution < 1.29 is 4.74 Å². The summed E-state index contributed by atoms with van der Waals surface area (Å²) in [4.78, 5) is 33.8. The fourth-order valence-electron chi connectivity index (χ4n) is 7.36. The van der Waals surface area contributed by atoms with Gasteiger partial charge in [-0.2, -0.15) is 15.6 Å². The van der Waals surface area contributed by atoms with E-state index in [4.69, 9.17) is 21.4 Å². The number of aromatic amines is 1. The molecule has 11 nitrogen and oxygen atoms in total. The van der Waals surface area contributed by atoms with Crippen LogP contribution in [0.25, 0.3) is 27.6 Å². The largest absolute Gasteiger partial charge is 0.380 e. The summed E-state index contributed by atoms with van der Waals surface area (Å²) in [6, 6.07) is 18.9. The number of benzene rings is 2. The van der Waals surface area contributed by atoms with Crippen LogP contribution < -0.4 is 20.9 Å². The highest BCUT2D eigenvalue weighted by Gasteiger charge is 2.42. The molecule has 0 radical (unpaired) electrons. The molecule has 0 amide bonds. The van der Waals surface area contributed by atoms with Gasteiger partial charge in [-0.05, 0) is 43.5 Å². The topological polar surface area (TPSA) is 136 Å². The highest BCUT2D eigenvalue weighted by Crippen LogP contribution is 2.41. The van der Waals surface area contributed by atoms with Gasteiger partial charge in [-0.15, -0.1) is 0 Å². The third-order valence-corrected chi connectivity index (χ3v) is 10.1. The molecule has 1 N–H and O–H groups in total. The molecule has 2 aromatic carbocycles. The molecular weight excluding hydrogens is 604 g/mol. The fourth-order valence-corrected chi connectivity index (χ4v) is 7.53. The Balaban J connectivity index is 1.15. The van der Waals surface area contributed by atoms with Gasteiger partial charge >= 0.3 is 0 Å². The van der Waals surface area contributed by atoms with Gasteiger partial charge in [0.15, 0.2) is 5.82 Å². The van der Waals surface area contributed by atoms with E-state index in [9.17, 15) is 20.1 Å². The van der Waals surface area contributed by atoms with Gasteiger partial charge in [-0.25, -0.2) is 0 Å². The zero-order valence-corrected chi connectivity index (χ0v) is 25.6. The van der Waals surface area contributed by atoms with E-state index < -0.39 is 11.1 Å². The molecule has 46 heavy (non-hydrogen) atoms. The Labute approximate surface area is 268 Å². The van der Waals surface area contributed by atoms with Gasteiger partial charge in [-0.1, -0.05) is 29.8 Å². The first-order valence-corrected chi connectivity index (χ1v) is 15.7. The lowest BCUT2D eigenvalue weighted by atomic mass is 9.76. The molecule has 1 atom stereocenters. The predicted molar refractivity (Wildman–Crippen MR) is 175 cm³/mol. The predicted octanol–water partition coefficient (Wildman–Crippen LogP) is 4.49. The maximum Gasteiger partial charge on any atom is 0.276 e. The monoisotopic (exact) mass is 632 g/mol. The maximum atomic E-state index is 14.1. The van der Waals surface area contributed by atoms with Crippen molar-refractivity contribution in [3.05, 3.63) is 91.6 Å². The van der Waals surface area contributed by atoms with Crippen molar-refractivity contribution >= 4 is 44.8 Å². The standard InChI is InChI=1S/C34H29ClN8O3/c35-21-5-6-27-24(15-21)31(25(16-36)32(44)38-27)41-11-7-22(18-41)42-12-8-29(39-42)43-28-4-2-1-3-23(28)30(26(17-37)33(43)45)40-13-9-34(10-14-40)19-46-20-34/h1-6,8,12,15,22H,7,9-11,13-14,18-20H2,(H,38,44)/t22-/m1/s1. The van der Waals surface area contributed by atoms with Gasteiger partial charge in [0.1, 0.15) is 23.3 Å². The summed E-state index contributed by atoms with van der Waals surface area (Å²) in [5, 5.41) is 27.1. The molecule has 3 aliphatic heterocycles. The van der Waals surface area contributed by atoms with Gasteiger partial charge in [0.05, 0.1) is 41.7 Å². The van der Waals surface area contributed by atoms with Crippen LogP contribution in [0.2, 0.25) is 5.02 Å². The number of nitrogens with zero attached hydrogens (tertiary/aromatic N) is 7. The summed E-state index contributed by atoms with van der Waals surface area (Å²) in [6.45, 7) is 4.19. The molecule has 6 heterocycles. The van der Waals surface area contributed by atoms with Crippen molar-refractivity contribution in [3.8, 4) is 18.0 Å². The number of ether oxygens (including phenoxy) is 1. The molecule has 0 saturated carbocycles. The number of fused-ring (bicyclic) bond motifs is 2. The van der Waals surface area contributed by atoms with Crippen LogP contribution in [0.3, 0.4) is 0 Å². The highest BCUT2D eigenvalue weighted by molar-refractivity contribution is 6.31. The zero-order valence-electron chi connectivity index (χ0n) is 24.9. The number of nitriles is 2. The van der Waals surface area contributed by atoms with Gasteiger partial charge in [0.25, 0.3) is 11.1 Å². The van der Waals surface area contributed by atoms with E-state index in [1.807, 2.05) is 40.0 Å². The molecular formula is C34H29ClN8O3. The lowest BCUT2D eigenvalue weighted by molar-refractivity contribution is -0.124. The Hall–Kier alpha value is -5.10. The highest BCUT2D eigenvalue weighted by atomic mass is 35.5. The fraction of sp³-hybridized carbons (Fsp3) is 0.324. The lowest BCUT2D eigenvalue weighted by Gasteiger charge is -2.48. The van der Waals surface area contributed by atoms with Gasteiger partial charge in [0.2, 0.25) is 0 Å². The van der Waals surface area contributed by atoms with Crippen LogP contribution in [0.1, 0.15) is 36.4 Å². The SMILES string of the molecule is N#Cc1c(N2CC[C@@H](n3ccc(-n4c(=O)c(C#N)c(N5CCC6(CC5)COC6)c5ccccc54)n3)C2)c2cc(Cl)ccc2[nH]c1=O. The summed E-state index contributed by atoms with van der Waals surface area (Å²) >= 11 is 6.30. The first-order chi connectivity index (χ1) is 22.4. The number of rotatable bonds is 4. The Kier molecular flexibility index (Phi) is 6.64. The van der Waals surface area contributed by atoms with Crippen molar-refractivity contribution in [2.24, 2.45) is 5.41 Å². The number of halogens is 1. The number of nitrogens with one attached hydrogen (secondary N) is 1. The average Bonchev–Trinajstić information content (AvgIpc) is 3.74.